The van der Waals surface area contributed by atoms with Gasteiger partial charge >= 0.3 is 0 Å². The Hall–Kier alpha value is -1.27. The van der Waals surface area contributed by atoms with Gasteiger partial charge in [0.05, 0.1) is 10.7 Å². The number of pyridine rings is 1. The Labute approximate surface area is 128 Å². The van der Waals surface area contributed by atoms with Gasteiger partial charge in [-0.05, 0) is 25.5 Å². The lowest BCUT2D eigenvalue weighted by Gasteiger charge is -2.08. The Balaban J connectivity index is 2.06. The summed E-state index contributed by atoms with van der Waals surface area (Å²) < 4.78 is 1.96. The van der Waals surface area contributed by atoms with Crippen molar-refractivity contribution in [1.29, 1.82) is 0 Å². The number of rotatable bonds is 6. The molecule has 0 aliphatic heterocycles. The number of thioether (sulfide) groups is 1. The molecule has 2 heterocycles. The number of aryl methyl sites for hydroxylation is 1. The third-order valence-corrected chi connectivity index (χ3v) is 4.24. The zero-order valence-corrected chi connectivity index (χ0v) is 13.4. The molecule has 0 aromatic carbocycles. The Morgan fingerprint density at radius 2 is 2.15 bits per heavy atom. The molecule has 0 unspecified atom stereocenters. The molecule has 2 aromatic rings. The number of halogens is 1. The second-order valence-corrected chi connectivity index (χ2v) is 5.78. The molecule has 108 valence electrons. The molecule has 0 radical (unpaired) electrons. The highest BCUT2D eigenvalue weighted by atomic mass is 35.5. The van der Waals surface area contributed by atoms with Gasteiger partial charge in [0, 0.05) is 19.3 Å². The smallest absolute Gasteiger partial charge is 0.191 e. The molecule has 0 atom stereocenters. The first-order valence-electron chi connectivity index (χ1n) is 6.50. The zero-order chi connectivity index (χ0) is 14.5. The molecule has 0 bridgehead atoms. The number of hydrogen-bond donors (Lipinski definition) is 1. The summed E-state index contributed by atoms with van der Waals surface area (Å²) in [7, 11) is 1.95. The van der Waals surface area contributed by atoms with Crippen LogP contribution in [0.2, 0.25) is 5.02 Å². The number of aromatic nitrogens is 4. The Morgan fingerprint density at radius 3 is 2.80 bits per heavy atom. The van der Waals surface area contributed by atoms with Crippen molar-refractivity contribution in [3.8, 4) is 0 Å². The lowest BCUT2D eigenvalue weighted by molar-refractivity contribution is 0.765. The molecule has 5 nitrogen and oxygen atoms in total. The van der Waals surface area contributed by atoms with Crippen LogP contribution in [0.1, 0.15) is 24.9 Å². The average Bonchev–Trinajstić information content (AvgIpc) is 2.76. The average molecular weight is 312 g/mol. The molecule has 0 saturated heterocycles. The largest absolute Gasteiger partial charge is 0.370 e. The Kier molecular flexibility index (Phi) is 5.25. The topological polar surface area (TPSA) is 55.6 Å². The van der Waals surface area contributed by atoms with Crippen molar-refractivity contribution in [1.82, 2.24) is 19.7 Å². The van der Waals surface area contributed by atoms with E-state index in [1.165, 1.54) is 0 Å². The van der Waals surface area contributed by atoms with Crippen molar-refractivity contribution in [3.05, 3.63) is 28.7 Å². The number of nitrogens with one attached hydrogen (secondary N) is 1. The van der Waals surface area contributed by atoms with E-state index in [2.05, 4.69) is 27.4 Å². The summed E-state index contributed by atoms with van der Waals surface area (Å²) in [6, 6.07) is 3.78. The zero-order valence-electron chi connectivity index (χ0n) is 11.9. The summed E-state index contributed by atoms with van der Waals surface area (Å²) in [5, 5.41) is 13.0. The van der Waals surface area contributed by atoms with Crippen LogP contribution in [0.15, 0.2) is 17.3 Å². The van der Waals surface area contributed by atoms with E-state index < -0.39 is 0 Å². The van der Waals surface area contributed by atoms with Crippen LogP contribution in [-0.2, 0) is 12.8 Å². The molecule has 2 aromatic heterocycles. The quantitative estimate of drug-likeness (QED) is 0.830. The molecule has 0 aliphatic rings. The van der Waals surface area contributed by atoms with Crippen LogP contribution in [0.5, 0.6) is 0 Å². The van der Waals surface area contributed by atoms with Crippen molar-refractivity contribution in [3.63, 3.8) is 0 Å². The van der Waals surface area contributed by atoms with Gasteiger partial charge in [-0.2, -0.15) is 0 Å². The number of anilines is 1. The van der Waals surface area contributed by atoms with Crippen LogP contribution >= 0.6 is 23.4 Å². The monoisotopic (exact) mass is 311 g/mol. The van der Waals surface area contributed by atoms with Crippen molar-refractivity contribution in [2.45, 2.75) is 31.2 Å². The van der Waals surface area contributed by atoms with Crippen LogP contribution in [0.25, 0.3) is 0 Å². The SMILES string of the molecule is CCCNc1ccc(Cl)c(CSc2nnc(C)n2C)n1. The molecular formula is C13H18ClN5S. The van der Waals surface area contributed by atoms with Gasteiger partial charge in [0.2, 0.25) is 0 Å². The van der Waals surface area contributed by atoms with Gasteiger partial charge in [0.25, 0.3) is 0 Å². The van der Waals surface area contributed by atoms with Gasteiger partial charge in [0.15, 0.2) is 5.16 Å². The van der Waals surface area contributed by atoms with Crippen LogP contribution in [0, 0.1) is 6.92 Å². The van der Waals surface area contributed by atoms with Crippen molar-refractivity contribution >= 4 is 29.2 Å². The predicted octanol–water partition coefficient (Wildman–Crippen LogP) is 3.29. The molecule has 7 heteroatoms. The molecule has 0 saturated carbocycles. The highest BCUT2D eigenvalue weighted by Crippen LogP contribution is 2.25. The molecule has 0 aliphatic carbocycles. The molecule has 0 amide bonds. The van der Waals surface area contributed by atoms with Gasteiger partial charge in [-0.1, -0.05) is 30.3 Å². The van der Waals surface area contributed by atoms with E-state index in [1.54, 1.807) is 11.8 Å². The second-order valence-electron chi connectivity index (χ2n) is 4.43. The van der Waals surface area contributed by atoms with Crippen LogP contribution in [0.3, 0.4) is 0 Å². The maximum absolute atomic E-state index is 6.20. The van der Waals surface area contributed by atoms with Crippen LogP contribution in [-0.4, -0.2) is 26.3 Å². The van der Waals surface area contributed by atoms with E-state index in [4.69, 9.17) is 11.6 Å². The van der Waals surface area contributed by atoms with Crippen molar-refractivity contribution < 1.29 is 0 Å². The third kappa shape index (κ3) is 3.64. The van der Waals surface area contributed by atoms with Gasteiger partial charge in [0.1, 0.15) is 11.6 Å². The van der Waals surface area contributed by atoms with Crippen molar-refractivity contribution in [2.24, 2.45) is 7.05 Å². The summed E-state index contributed by atoms with van der Waals surface area (Å²) in [4.78, 5) is 4.54. The first-order valence-corrected chi connectivity index (χ1v) is 7.86. The molecule has 0 fully saturated rings. The first kappa shape index (κ1) is 15.1. The first-order chi connectivity index (χ1) is 9.61. The van der Waals surface area contributed by atoms with E-state index in [-0.39, 0.29) is 0 Å². The third-order valence-electron chi connectivity index (χ3n) is 2.87. The number of nitrogens with zero attached hydrogens (tertiary/aromatic N) is 4. The summed E-state index contributed by atoms with van der Waals surface area (Å²) in [5.74, 6) is 2.43. The lowest BCUT2D eigenvalue weighted by atomic mass is 10.3. The number of hydrogen-bond acceptors (Lipinski definition) is 5. The fraction of sp³-hybridized carbons (Fsp3) is 0.462. The minimum Gasteiger partial charge on any atom is -0.370 e. The van der Waals surface area contributed by atoms with E-state index in [0.29, 0.717) is 10.8 Å². The summed E-state index contributed by atoms with van der Waals surface area (Å²) >= 11 is 7.78. The standard InChI is InChI=1S/C13H18ClN5S/c1-4-7-15-12-6-5-10(14)11(16-12)8-20-13-18-17-9(2)19(13)3/h5-6H,4,7-8H2,1-3H3,(H,15,16). The fourth-order valence-electron chi connectivity index (χ4n) is 1.58. The molecular weight excluding hydrogens is 294 g/mol. The Morgan fingerprint density at radius 1 is 1.35 bits per heavy atom. The van der Waals surface area contributed by atoms with Gasteiger partial charge in [-0.3, -0.25) is 0 Å². The van der Waals surface area contributed by atoms with E-state index >= 15 is 0 Å². The maximum Gasteiger partial charge on any atom is 0.191 e. The minimum absolute atomic E-state index is 0.673. The van der Waals surface area contributed by atoms with E-state index in [0.717, 1.165) is 35.5 Å². The van der Waals surface area contributed by atoms with Crippen molar-refractivity contribution in [2.75, 3.05) is 11.9 Å². The predicted molar refractivity (Wildman–Crippen MR) is 83.3 cm³/mol. The van der Waals surface area contributed by atoms with Gasteiger partial charge in [-0.25, -0.2) is 4.98 Å². The summed E-state index contributed by atoms with van der Waals surface area (Å²) in [5.41, 5.74) is 0.860. The van der Waals surface area contributed by atoms with Gasteiger partial charge < -0.3 is 9.88 Å². The molecule has 2 rings (SSSR count). The van der Waals surface area contributed by atoms with Gasteiger partial charge in [-0.15, -0.1) is 10.2 Å². The normalized spacial score (nSPS) is 10.8. The minimum atomic E-state index is 0.673. The molecule has 0 spiro atoms. The van der Waals surface area contributed by atoms with Crippen LogP contribution < -0.4 is 5.32 Å². The molecule has 20 heavy (non-hydrogen) atoms. The maximum atomic E-state index is 6.20. The highest BCUT2D eigenvalue weighted by Gasteiger charge is 2.09. The Bertz CT molecular complexity index is 584. The van der Waals surface area contributed by atoms with Crippen LogP contribution in [0.4, 0.5) is 5.82 Å². The fourth-order valence-corrected chi connectivity index (χ4v) is 2.74. The second kappa shape index (κ2) is 6.95. The lowest BCUT2D eigenvalue weighted by Crippen LogP contribution is -2.03. The highest BCUT2D eigenvalue weighted by molar-refractivity contribution is 7.98. The summed E-state index contributed by atoms with van der Waals surface area (Å²) in [6.45, 7) is 4.96. The molecule has 1 N–H and O–H groups in total. The van der Waals surface area contributed by atoms with E-state index in [9.17, 15) is 0 Å². The summed E-state index contributed by atoms with van der Waals surface area (Å²) in [6.07, 6.45) is 1.06. The van der Waals surface area contributed by atoms with E-state index in [1.807, 2.05) is 30.7 Å².